The first-order valence-corrected chi connectivity index (χ1v) is 9.34. The fourth-order valence-corrected chi connectivity index (χ4v) is 3.49. The van der Waals surface area contributed by atoms with Crippen LogP contribution in [0.3, 0.4) is 0 Å². The van der Waals surface area contributed by atoms with Crippen LogP contribution in [0.1, 0.15) is 27.2 Å². The van der Waals surface area contributed by atoms with Gasteiger partial charge in [0.05, 0.1) is 23.9 Å². The van der Waals surface area contributed by atoms with E-state index in [9.17, 15) is 4.79 Å². The maximum absolute atomic E-state index is 13.0. The molecule has 1 amide bonds. The minimum absolute atomic E-state index is 0.0942. The van der Waals surface area contributed by atoms with Crippen molar-refractivity contribution in [3.05, 3.63) is 71.2 Å². The Morgan fingerprint density at radius 2 is 1.97 bits per heavy atom. The molecule has 0 radical (unpaired) electrons. The van der Waals surface area contributed by atoms with E-state index in [1.807, 2.05) is 31.1 Å². The van der Waals surface area contributed by atoms with Gasteiger partial charge in [0.2, 0.25) is 0 Å². The molecule has 4 rings (SSSR count). The number of carbonyl (C=O) groups is 1. The van der Waals surface area contributed by atoms with Gasteiger partial charge in [-0.3, -0.25) is 9.78 Å². The average molecular weight is 384 g/mol. The van der Waals surface area contributed by atoms with Gasteiger partial charge < -0.3 is 9.80 Å². The van der Waals surface area contributed by atoms with Gasteiger partial charge in [0.15, 0.2) is 5.82 Å². The first-order chi connectivity index (χ1) is 14.1. The van der Waals surface area contributed by atoms with Crippen LogP contribution in [-0.2, 0) is 13.0 Å². The van der Waals surface area contributed by atoms with Crippen molar-refractivity contribution in [1.29, 1.82) is 5.26 Å². The van der Waals surface area contributed by atoms with Gasteiger partial charge in [-0.05, 0) is 36.8 Å². The number of nitrogens with zero attached hydrogens (tertiary/aromatic N) is 6. The second kappa shape index (κ2) is 7.68. The van der Waals surface area contributed by atoms with Crippen molar-refractivity contribution in [2.75, 3.05) is 25.5 Å². The van der Waals surface area contributed by atoms with Crippen LogP contribution >= 0.6 is 0 Å². The topological polar surface area (TPSA) is 86.0 Å². The van der Waals surface area contributed by atoms with Crippen molar-refractivity contribution < 1.29 is 4.79 Å². The number of fused-ring (bicyclic) bond motifs is 1. The summed E-state index contributed by atoms with van der Waals surface area (Å²) >= 11 is 0. The number of hydrogen-bond acceptors (Lipinski definition) is 6. The Morgan fingerprint density at radius 1 is 1.17 bits per heavy atom. The highest BCUT2D eigenvalue weighted by Crippen LogP contribution is 2.29. The standard InChI is InChI=1S/C22H20N6O/c1-27(2)21-18-8-11-28(22(29)17-5-3-4-15(12-17)13-23)14-19(18)25-20(26-21)16-6-9-24-10-7-16/h3-7,9-10,12H,8,11,14H2,1-2H3. The molecule has 0 fully saturated rings. The molecule has 0 spiro atoms. The zero-order chi connectivity index (χ0) is 20.4. The lowest BCUT2D eigenvalue weighted by atomic mass is 10.0. The van der Waals surface area contributed by atoms with Crippen molar-refractivity contribution in [3.8, 4) is 17.5 Å². The van der Waals surface area contributed by atoms with Gasteiger partial charge in [0, 0.05) is 49.7 Å². The number of hydrogen-bond donors (Lipinski definition) is 0. The third kappa shape index (κ3) is 3.65. The maximum Gasteiger partial charge on any atom is 0.254 e. The van der Waals surface area contributed by atoms with Gasteiger partial charge in [-0.2, -0.15) is 5.26 Å². The summed E-state index contributed by atoms with van der Waals surface area (Å²) < 4.78 is 0. The molecular weight excluding hydrogens is 364 g/mol. The van der Waals surface area contributed by atoms with Crippen LogP contribution in [-0.4, -0.2) is 46.4 Å². The lowest BCUT2D eigenvalue weighted by Gasteiger charge is -2.30. The van der Waals surface area contributed by atoms with Crippen molar-refractivity contribution in [2.45, 2.75) is 13.0 Å². The predicted molar refractivity (Wildman–Crippen MR) is 109 cm³/mol. The molecule has 2 aromatic heterocycles. The van der Waals surface area contributed by atoms with E-state index in [0.29, 0.717) is 36.5 Å². The molecule has 1 aliphatic heterocycles. The Labute approximate surface area is 169 Å². The van der Waals surface area contributed by atoms with E-state index >= 15 is 0 Å². The van der Waals surface area contributed by atoms with E-state index in [0.717, 1.165) is 22.6 Å². The Kier molecular flexibility index (Phi) is 4.92. The monoisotopic (exact) mass is 384 g/mol. The van der Waals surface area contributed by atoms with E-state index in [1.54, 1.807) is 41.6 Å². The molecule has 0 saturated carbocycles. The van der Waals surface area contributed by atoms with Gasteiger partial charge in [0.1, 0.15) is 5.82 Å². The van der Waals surface area contributed by atoms with Gasteiger partial charge >= 0.3 is 0 Å². The number of benzene rings is 1. The average Bonchev–Trinajstić information content (AvgIpc) is 2.77. The molecule has 144 valence electrons. The Hall–Kier alpha value is -3.79. The zero-order valence-electron chi connectivity index (χ0n) is 16.3. The van der Waals surface area contributed by atoms with E-state index in [4.69, 9.17) is 15.2 Å². The summed E-state index contributed by atoms with van der Waals surface area (Å²) in [5.74, 6) is 1.40. The van der Waals surface area contributed by atoms with Crippen molar-refractivity contribution >= 4 is 11.7 Å². The number of anilines is 1. The number of rotatable bonds is 3. The molecule has 7 heteroatoms. The number of carbonyl (C=O) groups excluding carboxylic acids is 1. The summed E-state index contributed by atoms with van der Waals surface area (Å²) in [5.41, 5.74) is 3.81. The fourth-order valence-electron chi connectivity index (χ4n) is 3.49. The summed E-state index contributed by atoms with van der Waals surface area (Å²) in [6.45, 7) is 0.994. The molecule has 1 aliphatic rings. The predicted octanol–water partition coefficient (Wildman–Crippen LogP) is 2.67. The summed E-state index contributed by atoms with van der Waals surface area (Å²) in [6.07, 6.45) is 4.11. The lowest BCUT2D eigenvalue weighted by molar-refractivity contribution is 0.0732. The van der Waals surface area contributed by atoms with Crippen LogP contribution in [0.5, 0.6) is 0 Å². The molecule has 7 nitrogen and oxygen atoms in total. The van der Waals surface area contributed by atoms with Gasteiger partial charge in [-0.25, -0.2) is 9.97 Å². The third-order valence-corrected chi connectivity index (χ3v) is 4.93. The molecule has 0 saturated heterocycles. The van der Waals surface area contributed by atoms with Crippen molar-refractivity contribution in [1.82, 2.24) is 19.9 Å². The first-order valence-electron chi connectivity index (χ1n) is 9.34. The normalized spacial score (nSPS) is 12.8. The van der Waals surface area contributed by atoms with Gasteiger partial charge in [0.25, 0.3) is 5.91 Å². The van der Waals surface area contributed by atoms with Crippen LogP contribution in [0.25, 0.3) is 11.4 Å². The quantitative estimate of drug-likeness (QED) is 0.690. The summed E-state index contributed by atoms with van der Waals surface area (Å²) in [7, 11) is 3.92. The van der Waals surface area contributed by atoms with Crippen LogP contribution in [0, 0.1) is 11.3 Å². The third-order valence-electron chi connectivity index (χ3n) is 4.93. The Morgan fingerprint density at radius 3 is 2.69 bits per heavy atom. The molecule has 0 atom stereocenters. The van der Waals surface area contributed by atoms with E-state index in [-0.39, 0.29) is 5.91 Å². The van der Waals surface area contributed by atoms with E-state index in [2.05, 4.69) is 11.1 Å². The highest BCUT2D eigenvalue weighted by Gasteiger charge is 2.27. The van der Waals surface area contributed by atoms with E-state index in [1.165, 1.54) is 0 Å². The second-order valence-electron chi connectivity index (χ2n) is 7.10. The highest BCUT2D eigenvalue weighted by molar-refractivity contribution is 5.94. The molecule has 29 heavy (non-hydrogen) atoms. The van der Waals surface area contributed by atoms with E-state index < -0.39 is 0 Å². The second-order valence-corrected chi connectivity index (χ2v) is 7.10. The minimum Gasteiger partial charge on any atom is -0.362 e. The minimum atomic E-state index is -0.0942. The Bertz CT molecular complexity index is 1100. The summed E-state index contributed by atoms with van der Waals surface area (Å²) in [4.78, 5) is 30.4. The molecule has 3 aromatic rings. The van der Waals surface area contributed by atoms with Gasteiger partial charge in [-0.1, -0.05) is 6.07 Å². The van der Waals surface area contributed by atoms with Crippen LogP contribution in [0.15, 0.2) is 48.8 Å². The molecule has 1 aromatic carbocycles. The van der Waals surface area contributed by atoms with Crippen LogP contribution < -0.4 is 4.90 Å². The number of amides is 1. The molecule has 0 bridgehead atoms. The number of aromatic nitrogens is 3. The van der Waals surface area contributed by atoms with Crippen molar-refractivity contribution in [3.63, 3.8) is 0 Å². The highest BCUT2D eigenvalue weighted by atomic mass is 16.2. The molecular formula is C22H20N6O. The lowest BCUT2D eigenvalue weighted by Crippen LogP contribution is -2.37. The fraction of sp³-hybridized carbons (Fsp3) is 0.227. The first kappa shape index (κ1) is 18.6. The summed E-state index contributed by atoms with van der Waals surface area (Å²) in [6, 6.07) is 12.6. The maximum atomic E-state index is 13.0. The number of pyridine rings is 1. The van der Waals surface area contributed by atoms with Crippen LogP contribution in [0.4, 0.5) is 5.82 Å². The molecule has 0 aliphatic carbocycles. The zero-order valence-corrected chi connectivity index (χ0v) is 16.3. The summed E-state index contributed by atoms with van der Waals surface area (Å²) in [5, 5.41) is 9.10. The SMILES string of the molecule is CN(C)c1nc(-c2ccncc2)nc2c1CCN(C(=O)c1cccc(C#N)c1)C2. The molecule has 0 N–H and O–H groups in total. The largest absolute Gasteiger partial charge is 0.362 e. The molecule has 3 heterocycles. The van der Waals surface area contributed by atoms with Crippen LogP contribution in [0.2, 0.25) is 0 Å². The van der Waals surface area contributed by atoms with Gasteiger partial charge in [-0.15, -0.1) is 0 Å². The van der Waals surface area contributed by atoms with Crippen molar-refractivity contribution in [2.24, 2.45) is 0 Å². The molecule has 0 unspecified atom stereocenters. The Balaban J connectivity index is 1.70. The smallest absolute Gasteiger partial charge is 0.254 e. The number of nitriles is 1.